The first-order chi connectivity index (χ1) is 19.7. The second kappa shape index (κ2) is 14.3. The number of aliphatic imine (C=N–C) groups is 1. The van der Waals surface area contributed by atoms with Gasteiger partial charge in [0.2, 0.25) is 5.90 Å². The van der Waals surface area contributed by atoms with E-state index >= 15 is 0 Å². The highest BCUT2D eigenvalue weighted by atomic mass is 35.5. The van der Waals surface area contributed by atoms with E-state index in [1.54, 1.807) is 20.0 Å². The summed E-state index contributed by atoms with van der Waals surface area (Å²) >= 11 is 6.20. The molecule has 2 heterocycles. The van der Waals surface area contributed by atoms with Gasteiger partial charge in [-0.25, -0.2) is 9.79 Å². The zero-order valence-electron chi connectivity index (χ0n) is 24.2. The Labute approximate surface area is 247 Å². The molecule has 1 saturated heterocycles. The SMILES string of the molecule is CNC(C)C(=O)OC(CN1CCCC1C1=N[C@@](Cc2cccc(Cl)c2)(C(=O)OC)CO1)C(C)OCc1ccccc1. The summed E-state index contributed by atoms with van der Waals surface area (Å²) < 4.78 is 23.4. The van der Waals surface area contributed by atoms with Crippen LogP contribution in [0.5, 0.6) is 0 Å². The molecular formula is C31H40ClN3O6. The monoisotopic (exact) mass is 585 g/mol. The molecule has 10 heteroatoms. The molecule has 0 amide bonds. The highest BCUT2D eigenvalue weighted by molar-refractivity contribution is 6.30. The second-order valence-corrected chi connectivity index (χ2v) is 11.1. The van der Waals surface area contributed by atoms with E-state index in [1.165, 1.54) is 7.11 Å². The summed E-state index contributed by atoms with van der Waals surface area (Å²) in [6.07, 6.45) is 1.14. The molecule has 0 radical (unpaired) electrons. The van der Waals surface area contributed by atoms with Crippen LogP contribution in [0, 0.1) is 0 Å². The first-order valence-corrected chi connectivity index (χ1v) is 14.4. The number of esters is 2. The van der Waals surface area contributed by atoms with Gasteiger partial charge in [0.1, 0.15) is 18.8 Å². The van der Waals surface area contributed by atoms with Crippen molar-refractivity contribution in [1.82, 2.24) is 10.2 Å². The number of halogens is 1. The maximum absolute atomic E-state index is 13.0. The third-order valence-corrected chi connectivity index (χ3v) is 7.97. The van der Waals surface area contributed by atoms with Crippen LogP contribution in [0.2, 0.25) is 5.02 Å². The van der Waals surface area contributed by atoms with Gasteiger partial charge in [0, 0.05) is 18.0 Å². The summed E-state index contributed by atoms with van der Waals surface area (Å²) in [6, 6.07) is 16.6. The van der Waals surface area contributed by atoms with E-state index in [9.17, 15) is 9.59 Å². The van der Waals surface area contributed by atoms with Crippen LogP contribution in [0.4, 0.5) is 0 Å². The lowest BCUT2D eigenvalue weighted by Gasteiger charge is -2.32. The zero-order chi connectivity index (χ0) is 29.4. The Kier molecular flexibility index (Phi) is 10.8. The summed E-state index contributed by atoms with van der Waals surface area (Å²) in [4.78, 5) is 32.9. The lowest BCUT2D eigenvalue weighted by atomic mass is 9.92. The normalized spacial score (nSPS) is 22.9. The number of ether oxygens (including phenoxy) is 4. The van der Waals surface area contributed by atoms with Crippen LogP contribution >= 0.6 is 11.6 Å². The first kappa shape index (κ1) is 31.0. The van der Waals surface area contributed by atoms with E-state index in [2.05, 4.69) is 10.2 Å². The van der Waals surface area contributed by atoms with Crippen molar-refractivity contribution in [3.63, 3.8) is 0 Å². The smallest absolute Gasteiger partial charge is 0.337 e. The van der Waals surface area contributed by atoms with E-state index < -0.39 is 23.7 Å². The first-order valence-electron chi connectivity index (χ1n) is 14.1. The zero-order valence-corrected chi connectivity index (χ0v) is 24.9. The number of hydrogen-bond donors (Lipinski definition) is 1. The molecule has 2 aromatic carbocycles. The predicted octanol–water partition coefficient (Wildman–Crippen LogP) is 3.81. The topological polar surface area (TPSA) is 98.7 Å². The van der Waals surface area contributed by atoms with Gasteiger partial charge in [-0.3, -0.25) is 9.69 Å². The quantitative estimate of drug-likeness (QED) is 0.354. The number of carbonyl (C=O) groups excluding carboxylic acids is 2. The molecule has 0 spiro atoms. The van der Waals surface area contributed by atoms with Gasteiger partial charge in [-0.05, 0) is 63.5 Å². The summed E-state index contributed by atoms with van der Waals surface area (Å²) in [5.41, 5.74) is 0.720. The molecular weight excluding hydrogens is 546 g/mol. The number of likely N-dealkylation sites (tertiary alicyclic amines) is 1. The number of nitrogens with zero attached hydrogens (tertiary/aromatic N) is 2. The van der Waals surface area contributed by atoms with E-state index in [-0.39, 0.29) is 24.7 Å². The largest absolute Gasteiger partial charge is 0.477 e. The number of carbonyl (C=O) groups is 2. The molecule has 2 aliphatic rings. The molecule has 4 rings (SSSR count). The molecule has 222 valence electrons. The number of likely N-dealkylation sites (N-methyl/N-ethyl adjacent to an activating group) is 1. The minimum atomic E-state index is -1.19. The molecule has 0 bridgehead atoms. The van der Waals surface area contributed by atoms with Crippen LogP contribution in [-0.2, 0) is 41.6 Å². The number of nitrogens with one attached hydrogen (secondary N) is 1. The molecule has 4 unspecified atom stereocenters. The van der Waals surface area contributed by atoms with Gasteiger partial charge in [-0.1, -0.05) is 54.1 Å². The molecule has 0 saturated carbocycles. The fourth-order valence-electron chi connectivity index (χ4n) is 5.20. The van der Waals surface area contributed by atoms with E-state index in [4.69, 9.17) is 35.5 Å². The summed E-state index contributed by atoms with van der Waals surface area (Å²) in [5.74, 6) is -0.293. The molecule has 2 aromatic rings. The van der Waals surface area contributed by atoms with E-state index in [1.807, 2.05) is 55.5 Å². The van der Waals surface area contributed by atoms with E-state index in [0.717, 1.165) is 30.5 Å². The van der Waals surface area contributed by atoms with Crippen molar-refractivity contribution in [1.29, 1.82) is 0 Å². The molecule has 5 atom stereocenters. The molecule has 0 aromatic heterocycles. The third kappa shape index (κ3) is 7.86. The lowest BCUT2D eigenvalue weighted by Crippen LogP contribution is -2.48. The Morgan fingerprint density at radius 2 is 1.93 bits per heavy atom. The van der Waals surface area contributed by atoms with Crippen molar-refractivity contribution in [3.05, 3.63) is 70.7 Å². The fourth-order valence-corrected chi connectivity index (χ4v) is 5.41. The maximum Gasteiger partial charge on any atom is 0.337 e. The Bertz CT molecular complexity index is 1210. The highest BCUT2D eigenvalue weighted by Crippen LogP contribution is 2.31. The molecule has 41 heavy (non-hydrogen) atoms. The van der Waals surface area contributed by atoms with Crippen molar-refractivity contribution in [2.75, 3.05) is 33.9 Å². The average Bonchev–Trinajstić information content (AvgIpc) is 3.62. The molecule has 9 nitrogen and oxygen atoms in total. The van der Waals surface area contributed by atoms with Crippen LogP contribution in [-0.4, -0.2) is 86.4 Å². The Balaban J connectivity index is 1.52. The summed E-state index contributed by atoms with van der Waals surface area (Å²) in [6.45, 7) is 5.38. The number of methoxy groups -OCH3 is 1. The fraction of sp³-hybridized carbons (Fsp3) is 0.516. The Morgan fingerprint density at radius 3 is 2.63 bits per heavy atom. The molecule has 1 fully saturated rings. The van der Waals surface area contributed by atoms with E-state index in [0.29, 0.717) is 30.5 Å². The minimum Gasteiger partial charge on any atom is -0.477 e. The summed E-state index contributed by atoms with van der Waals surface area (Å²) in [5, 5.41) is 3.53. The van der Waals surface area contributed by atoms with Gasteiger partial charge in [0.15, 0.2) is 5.54 Å². The van der Waals surface area contributed by atoms with Crippen molar-refractivity contribution in [3.8, 4) is 0 Å². The average molecular weight is 586 g/mol. The second-order valence-electron chi connectivity index (χ2n) is 10.7. The number of benzene rings is 2. The van der Waals surface area contributed by atoms with Crippen molar-refractivity contribution < 1.29 is 28.5 Å². The lowest BCUT2D eigenvalue weighted by molar-refractivity contribution is -0.161. The highest BCUT2D eigenvalue weighted by Gasteiger charge is 2.48. The van der Waals surface area contributed by atoms with Crippen LogP contribution in [0.1, 0.15) is 37.8 Å². The van der Waals surface area contributed by atoms with Gasteiger partial charge in [0.25, 0.3) is 0 Å². The van der Waals surface area contributed by atoms with Gasteiger partial charge in [-0.2, -0.15) is 0 Å². The van der Waals surface area contributed by atoms with Crippen molar-refractivity contribution in [2.24, 2.45) is 4.99 Å². The minimum absolute atomic E-state index is 0.0839. The van der Waals surface area contributed by atoms with Gasteiger partial charge < -0.3 is 24.3 Å². The predicted molar refractivity (Wildman–Crippen MR) is 157 cm³/mol. The Hall–Kier alpha value is -2.98. The van der Waals surface area contributed by atoms with Crippen LogP contribution in [0.15, 0.2) is 59.6 Å². The number of rotatable bonds is 13. The Morgan fingerprint density at radius 1 is 1.17 bits per heavy atom. The standard InChI is InChI=1S/C31H40ClN3O6/c1-21(33-3)29(36)41-27(22(2)39-19-23-10-6-5-7-11-23)18-35-15-9-14-26(35)28-34-31(20-40-28,30(37)38-4)17-24-12-8-13-25(32)16-24/h5-8,10-13,16,21-22,26-27,33H,9,14-15,17-20H2,1-4H3/t21?,22?,26?,27?,31-/m1/s1. The van der Waals surface area contributed by atoms with Gasteiger partial charge in [-0.15, -0.1) is 0 Å². The molecule has 0 aliphatic carbocycles. The van der Waals surface area contributed by atoms with Crippen molar-refractivity contribution in [2.45, 2.75) is 69.5 Å². The van der Waals surface area contributed by atoms with Gasteiger partial charge >= 0.3 is 11.9 Å². The third-order valence-electron chi connectivity index (χ3n) is 7.73. The van der Waals surface area contributed by atoms with Crippen LogP contribution in [0.25, 0.3) is 0 Å². The maximum atomic E-state index is 13.0. The molecule has 1 N–H and O–H groups in total. The van der Waals surface area contributed by atoms with Crippen molar-refractivity contribution >= 4 is 29.4 Å². The number of hydrogen-bond acceptors (Lipinski definition) is 9. The molecule has 2 aliphatic heterocycles. The summed E-state index contributed by atoms with van der Waals surface area (Å²) in [7, 11) is 3.08. The van der Waals surface area contributed by atoms with Crippen LogP contribution in [0.3, 0.4) is 0 Å². The van der Waals surface area contributed by atoms with Crippen LogP contribution < -0.4 is 5.32 Å². The van der Waals surface area contributed by atoms with Gasteiger partial charge in [0.05, 0.1) is 25.9 Å².